The van der Waals surface area contributed by atoms with Gasteiger partial charge in [-0.05, 0) is 78.7 Å². The van der Waals surface area contributed by atoms with Gasteiger partial charge in [0.1, 0.15) is 5.75 Å². The molecule has 6 nitrogen and oxygen atoms in total. The molecule has 0 atom stereocenters. The van der Waals surface area contributed by atoms with Gasteiger partial charge in [0, 0.05) is 34.6 Å². The van der Waals surface area contributed by atoms with Crippen LogP contribution in [-0.4, -0.2) is 22.2 Å². The fraction of sp³-hybridized carbons (Fsp3) is 0.115. The number of rotatable bonds is 7. The second-order valence-corrected chi connectivity index (χ2v) is 8.04. The van der Waals surface area contributed by atoms with Crippen molar-refractivity contribution >= 4 is 34.8 Å². The standard InChI is InChI=1S/C26H20ClF3N4O2/c1-16-2-3-17(15-27)14-23(16)33-24(35)19-4-8-20(9-5-19)32-25-31-13-12-22(34-25)18-6-10-21(11-7-18)36-26(28,29)30/h2-14H,15H2,1H3,(H,33,35)(H,31,32,34). The van der Waals surface area contributed by atoms with Crippen LogP contribution >= 0.6 is 11.6 Å². The summed E-state index contributed by atoms with van der Waals surface area (Å²) in [5.74, 6) is 0.0657. The summed E-state index contributed by atoms with van der Waals surface area (Å²) in [4.78, 5) is 21.3. The van der Waals surface area contributed by atoms with E-state index in [1.807, 2.05) is 25.1 Å². The first-order chi connectivity index (χ1) is 17.2. The van der Waals surface area contributed by atoms with E-state index in [0.717, 1.165) is 11.1 Å². The molecule has 3 aromatic carbocycles. The maximum Gasteiger partial charge on any atom is 0.573 e. The molecule has 1 amide bonds. The molecule has 1 aromatic heterocycles. The molecule has 0 bridgehead atoms. The van der Waals surface area contributed by atoms with E-state index in [9.17, 15) is 18.0 Å². The van der Waals surface area contributed by atoms with E-state index in [2.05, 4.69) is 25.3 Å². The van der Waals surface area contributed by atoms with Crippen molar-refractivity contribution in [2.75, 3.05) is 10.6 Å². The lowest BCUT2D eigenvalue weighted by Gasteiger charge is -2.11. The summed E-state index contributed by atoms with van der Waals surface area (Å²) in [6, 6.07) is 19.5. The van der Waals surface area contributed by atoms with Crippen LogP contribution in [0.2, 0.25) is 0 Å². The number of hydrogen-bond donors (Lipinski definition) is 2. The zero-order chi connectivity index (χ0) is 25.7. The van der Waals surface area contributed by atoms with Gasteiger partial charge in [0.05, 0.1) is 5.69 Å². The zero-order valence-electron chi connectivity index (χ0n) is 18.9. The highest BCUT2D eigenvalue weighted by molar-refractivity contribution is 6.17. The number of aromatic nitrogens is 2. The average molecular weight is 513 g/mol. The van der Waals surface area contributed by atoms with Gasteiger partial charge in [0.25, 0.3) is 5.91 Å². The van der Waals surface area contributed by atoms with Crippen LogP contribution in [0.3, 0.4) is 0 Å². The Labute approximate surface area is 210 Å². The minimum Gasteiger partial charge on any atom is -0.406 e. The van der Waals surface area contributed by atoms with E-state index in [1.165, 1.54) is 30.5 Å². The van der Waals surface area contributed by atoms with Crippen LogP contribution in [0.4, 0.5) is 30.5 Å². The van der Waals surface area contributed by atoms with Gasteiger partial charge in [-0.15, -0.1) is 24.8 Å². The van der Waals surface area contributed by atoms with Crippen LogP contribution in [0, 0.1) is 6.92 Å². The number of carbonyl (C=O) groups excluding carboxylic acids is 1. The third-order valence-corrected chi connectivity index (χ3v) is 5.46. The monoisotopic (exact) mass is 512 g/mol. The summed E-state index contributed by atoms with van der Waals surface area (Å²) in [6.07, 6.45) is -3.22. The second kappa shape index (κ2) is 10.7. The molecule has 0 aliphatic carbocycles. The first-order valence-corrected chi connectivity index (χ1v) is 11.3. The molecule has 0 saturated heterocycles. The predicted molar refractivity (Wildman–Crippen MR) is 133 cm³/mol. The number of aryl methyl sites for hydroxylation is 1. The number of nitrogens with zero attached hydrogens (tertiary/aromatic N) is 2. The highest BCUT2D eigenvalue weighted by Crippen LogP contribution is 2.26. The lowest BCUT2D eigenvalue weighted by Crippen LogP contribution is -2.16. The molecular formula is C26H20ClF3N4O2. The highest BCUT2D eigenvalue weighted by Gasteiger charge is 2.31. The first-order valence-electron chi connectivity index (χ1n) is 10.7. The van der Waals surface area contributed by atoms with Crippen LogP contribution in [0.25, 0.3) is 11.3 Å². The van der Waals surface area contributed by atoms with Crippen molar-refractivity contribution in [1.29, 1.82) is 0 Å². The molecule has 0 spiro atoms. The van der Waals surface area contributed by atoms with Crippen molar-refractivity contribution < 1.29 is 22.7 Å². The van der Waals surface area contributed by atoms with Crippen LogP contribution in [0.15, 0.2) is 79.0 Å². The maximum absolute atomic E-state index is 12.7. The van der Waals surface area contributed by atoms with Crippen molar-refractivity contribution in [3.63, 3.8) is 0 Å². The van der Waals surface area contributed by atoms with Crippen LogP contribution in [0.1, 0.15) is 21.5 Å². The number of ether oxygens (including phenoxy) is 1. The summed E-state index contributed by atoms with van der Waals surface area (Å²) in [7, 11) is 0. The Bertz CT molecular complexity index is 1360. The van der Waals surface area contributed by atoms with Crippen molar-refractivity contribution in [1.82, 2.24) is 9.97 Å². The SMILES string of the molecule is Cc1ccc(CCl)cc1NC(=O)c1ccc(Nc2nccc(-c3ccc(OC(F)(F)F)cc3)n2)cc1. The van der Waals surface area contributed by atoms with Gasteiger partial charge in [-0.1, -0.05) is 12.1 Å². The Balaban J connectivity index is 1.43. The van der Waals surface area contributed by atoms with Gasteiger partial charge in [-0.2, -0.15) is 0 Å². The molecule has 0 radical (unpaired) electrons. The minimum absolute atomic E-state index is 0.257. The van der Waals surface area contributed by atoms with Crippen molar-refractivity contribution in [3.05, 3.63) is 95.7 Å². The van der Waals surface area contributed by atoms with E-state index in [0.29, 0.717) is 34.1 Å². The predicted octanol–water partition coefficient (Wildman–Crippen LogP) is 7.09. The number of alkyl halides is 4. The van der Waals surface area contributed by atoms with Crippen molar-refractivity contribution in [3.8, 4) is 17.0 Å². The molecule has 0 aliphatic rings. The molecule has 0 aliphatic heterocycles. The molecule has 184 valence electrons. The van der Waals surface area contributed by atoms with Crippen molar-refractivity contribution in [2.45, 2.75) is 19.2 Å². The Kier molecular flexibility index (Phi) is 7.40. The molecule has 36 heavy (non-hydrogen) atoms. The molecular weight excluding hydrogens is 493 g/mol. The van der Waals surface area contributed by atoms with Gasteiger partial charge >= 0.3 is 6.36 Å². The summed E-state index contributed by atoms with van der Waals surface area (Å²) in [5, 5.41) is 5.95. The van der Waals surface area contributed by atoms with E-state index in [4.69, 9.17) is 11.6 Å². The molecule has 4 aromatic rings. The van der Waals surface area contributed by atoms with Gasteiger partial charge in [-0.25, -0.2) is 9.97 Å². The summed E-state index contributed by atoms with van der Waals surface area (Å²) in [6.45, 7) is 1.90. The molecule has 0 unspecified atom stereocenters. The third-order valence-electron chi connectivity index (χ3n) is 5.15. The van der Waals surface area contributed by atoms with Crippen LogP contribution in [-0.2, 0) is 5.88 Å². The fourth-order valence-corrected chi connectivity index (χ4v) is 3.49. The molecule has 10 heteroatoms. The number of amides is 1. The van der Waals surface area contributed by atoms with E-state index < -0.39 is 6.36 Å². The molecule has 0 saturated carbocycles. The normalized spacial score (nSPS) is 11.1. The number of halogens is 4. The quantitative estimate of drug-likeness (QED) is 0.259. The minimum atomic E-state index is -4.75. The second-order valence-electron chi connectivity index (χ2n) is 7.78. The number of nitrogens with one attached hydrogen (secondary N) is 2. The molecule has 4 rings (SSSR count). The first kappa shape index (κ1) is 25.0. The average Bonchev–Trinajstić information content (AvgIpc) is 2.85. The number of benzene rings is 3. The van der Waals surface area contributed by atoms with Crippen LogP contribution in [0.5, 0.6) is 5.75 Å². The molecule has 0 fully saturated rings. The van der Waals surface area contributed by atoms with E-state index >= 15 is 0 Å². The molecule has 2 N–H and O–H groups in total. The lowest BCUT2D eigenvalue weighted by molar-refractivity contribution is -0.274. The number of carbonyl (C=O) groups is 1. The van der Waals surface area contributed by atoms with Gasteiger partial charge in [-0.3, -0.25) is 4.79 Å². The summed E-state index contributed by atoms with van der Waals surface area (Å²) >= 11 is 5.89. The van der Waals surface area contributed by atoms with E-state index in [1.54, 1.807) is 30.3 Å². The van der Waals surface area contributed by atoms with Crippen LogP contribution < -0.4 is 15.4 Å². The Morgan fingerprint density at radius 1 is 1.00 bits per heavy atom. The van der Waals surface area contributed by atoms with Crippen molar-refractivity contribution in [2.24, 2.45) is 0 Å². The highest BCUT2D eigenvalue weighted by atomic mass is 35.5. The topological polar surface area (TPSA) is 76.1 Å². The third kappa shape index (κ3) is 6.51. The van der Waals surface area contributed by atoms with Gasteiger partial charge in [0.15, 0.2) is 0 Å². The lowest BCUT2D eigenvalue weighted by atomic mass is 10.1. The summed E-state index contributed by atoms with van der Waals surface area (Å²) < 4.78 is 41.0. The van der Waals surface area contributed by atoms with Gasteiger partial charge < -0.3 is 15.4 Å². The largest absolute Gasteiger partial charge is 0.573 e. The number of hydrogen-bond acceptors (Lipinski definition) is 5. The Hall–Kier alpha value is -4.11. The Morgan fingerprint density at radius 2 is 1.72 bits per heavy atom. The van der Waals surface area contributed by atoms with E-state index in [-0.39, 0.29) is 17.6 Å². The fourth-order valence-electron chi connectivity index (χ4n) is 3.32. The Morgan fingerprint density at radius 3 is 2.39 bits per heavy atom. The zero-order valence-corrected chi connectivity index (χ0v) is 19.7. The molecule has 1 heterocycles. The smallest absolute Gasteiger partial charge is 0.406 e. The maximum atomic E-state index is 12.7. The summed E-state index contributed by atoms with van der Waals surface area (Å²) in [5.41, 5.74) is 4.75. The number of anilines is 3. The van der Waals surface area contributed by atoms with Gasteiger partial charge in [0.2, 0.25) is 5.95 Å².